The normalized spacial score (nSPS) is 12.8. The number of nitrogens with zero attached hydrogens (tertiary/aromatic N) is 3. The lowest BCUT2D eigenvalue weighted by Crippen LogP contribution is -2.45. The Balaban J connectivity index is 2.42. The molecule has 1 heterocycles. The maximum absolute atomic E-state index is 12.1. The number of aliphatic imine (C=N–C) groups is 1. The average molecular weight is 389 g/mol. The van der Waals surface area contributed by atoms with Crippen LogP contribution in [0.1, 0.15) is 33.3 Å². The van der Waals surface area contributed by atoms with Gasteiger partial charge < -0.3 is 15.4 Å². The molecule has 0 spiro atoms. The maximum Gasteiger partial charge on any atom is 0.422 e. The first-order chi connectivity index (χ1) is 12.6. The second kappa shape index (κ2) is 11.0. The van der Waals surface area contributed by atoms with Gasteiger partial charge in [-0.2, -0.15) is 13.2 Å². The molecular formula is C18H30F3N5O. The molecule has 154 valence electrons. The van der Waals surface area contributed by atoms with Crippen LogP contribution in [0.25, 0.3) is 0 Å². The van der Waals surface area contributed by atoms with Crippen LogP contribution >= 0.6 is 0 Å². The van der Waals surface area contributed by atoms with E-state index in [1.165, 1.54) is 12.3 Å². The average Bonchev–Trinajstić information content (AvgIpc) is 2.59. The Morgan fingerprint density at radius 1 is 1.19 bits per heavy atom. The maximum atomic E-state index is 12.1. The molecule has 2 N–H and O–H groups in total. The minimum atomic E-state index is -4.37. The van der Waals surface area contributed by atoms with E-state index >= 15 is 0 Å². The Morgan fingerprint density at radius 3 is 2.33 bits per heavy atom. The number of nitrogens with one attached hydrogen (secondary N) is 2. The Bertz CT molecular complexity index is 565. The van der Waals surface area contributed by atoms with Crippen LogP contribution in [-0.2, 0) is 6.54 Å². The molecule has 1 aromatic rings. The smallest absolute Gasteiger partial charge is 0.422 e. The van der Waals surface area contributed by atoms with Gasteiger partial charge in [-0.15, -0.1) is 0 Å². The number of pyridine rings is 1. The summed E-state index contributed by atoms with van der Waals surface area (Å²) in [6.45, 7) is 9.41. The van der Waals surface area contributed by atoms with E-state index in [-0.39, 0.29) is 5.88 Å². The summed E-state index contributed by atoms with van der Waals surface area (Å²) < 4.78 is 41.0. The van der Waals surface area contributed by atoms with E-state index in [1.807, 2.05) is 0 Å². The summed E-state index contributed by atoms with van der Waals surface area (Å²) in [5, 5.41) is 6.41. The molecule has 1 aromatic heterocycles. The van der Waals surface area contributed by atoms with Gasteiger partial charge in [0.05, 0.1) is 0 Å². The van der Waals surface area contributed by atoms with Crippen molar-refractivity contribution in [1.82, 2.24) is 20.5 Å². The quantitative estimate of drug-likeness (QED) is 0.502. The van der Waals surface area contributed by atoms with E-state index in [0.29, 0.717) is 24.6 Å². The van der Waals surface area contributed by atoms with E-state index < -0.39 is 12.8 Å². The van der Waals surface area contributed by atoms with Crippen LogP contribution in [0.3, 0.4) is 0 Å². The Morgan fingerprint density at radius 2 is 1.85 bits per heavy atom. The molecule has 0 aliphatic carbocycles. The third-order valence-electron chi connectivity index (χ3n) is 3.85. The van der Waals surface area contributed by atoms with Gasteiger partial charge in [-0.1, -0.05) is 6.07 Å². The van der Waals surface area contributed by atoms with Crippen LogP contribution in [0.5, 0.6) is 5.88 Å². The van der Waals surface area contributed by atoms with Gasteiger partial charge in [0.2, 0.25) is 5.88 Å². The number of alkyl halides is 3. The largest absolute Gasteiger partial charge is 0.468 e. The third-order valence-corrected chi connectivity index (χ3v) is 3.85. The first-order valence-electron chi connectivity index (χ1n) is 8.97. The summed E-state index contributed by atoms with van der Waals surface area (Å²) in [5.74, 6) is 0.598. The van der Waals surface area contributed by atoms with Gasteiger partial charge >= 0.3 is 6.18 Å². The molecule has 0 aromatic carbocycles. The summed E-state index contributed by atoms with van der Waals surface area (Å²) in [7, 11) is 1.68. The highest BCUT2D eigenvalue weighted by molar-refractivity contribution is 5.79. The van der Waals surface area contributed by atoms with Crippen LogP contribution in [0.4, 0.5) is 13.2 Å². The van der Waals surface area contributed by atoms with Crippen molar-refractivity contribution in [2.24, 2.45) is 4.99 Å². The standard InChI is InChI=1S/C18H30F3N5O/c1-13(2)26(14(3)4)9-8-23-17(22-5)25-11-15-6-7-16(24-10-15)27-12-18(19,20)21/h6-7,10,13-14H,8-9,11-12H2,1-5H3,(H2,22,23,25). The highest BCUT2D eigenvalue weighted by Crippen LogP contribution is 2.17. The second-order valence-electron chi connectivity index (χ2n) is 6.69. The second-order valence-corrected chi connectivity index (χ2v) is 6.69. The third kappa shape index (κ3) is 9.46. The Hall–Kier alpha value is -2.03. The van der Waals surface area contributed by atoms with Crippen LogP contribution in [-0.4, -0.2) is 60.8 Å². The molecule has 6 nitrogen and oxygen atoms in total. The molecule has 0 radical (unpaired) electrons. The monoisotopic (exact) mass is 389 g/mol. The zero-order chi connectivity index (χ0) is 20.4. The van der Waals surface area contributed by atoms with Gasteiger partial charge in [-0.05, 0) is 33.3 Å². The predicted octanol–water partition coefficient (Wildman–Crippen LogP) is 2.81. The number of hydrogen-bond acceptors (Lipinski definition) is 4. The summed E-state index contributed by atoms with van der Waals surface area (Å²) in [6, 6.07) is 4.01. The van der Waals surface area contributed by atoms with Crippen LogP contribution in [0.15, 0.2) is 23.3 Å². The molecule has 9 heteroatoms. The number of hydrogen-bond donors (Lipinski definition) is 2. The molecular weight excluding hydrogens is 359 g/mol. The molecule has 0 fully saturated rings. The molecule has 0 amide bonds. The number of aromatic nitrogens is 1. The van der Waals surface area contributed by atoms with Gasteiger partial charge in [0, 0.05) is 51.0 Å². The minimum Gasteiger partial charge on any atom is -0.468 e. The van der Waals surface area contributed by atoms with E-state index in [0.717, 1.165) is 18.7 Å². The predicted molar refractivity (Wildman–Crippen MR) is 101 cm³/mol. The lowest BCUT2D eigenvalue weighted by Gasteiger charge is -2.30. The van der Waals surface area contributed by atoms with Gasteiger partial charge in [-0.25, -0.2) is 4.98 Å². The van der Waals surface area contributed by atoms with Crippen molar-refractivity contribution in [1.29, 1.82) is 0 Å². The number of ether oxygens (including phenoxy) is 1. The summed E-state index contributed by atoms with van der Waals surface area (Å²) in [4.78, 5) is 10.4. The first kappa shape index (κ1) is 23.0. The number of rotatable bonds is 9. The van der Waals surface area contributed by atoms with Crippen LogP contribution in [0, 0.1) is 0 Å². The molecule has 27 heavy (non-hydrogen) atoms. The van der Waals surface area contributed by atoms with E-state index in [2.05, 4.69) is 57.9 Å². The molecule has 1 rings (SSSR count). The molecule has 0 aliphatic rings. The fraction of sp³-hybridized carbons (Fsp3) is 0.667. The summed E-state index contributed by atoms with van der Waals surface area (Å²) in [5.41, 5.74) is 0.809. The molecule has 0 saturated heterocycles. The molecule has 0 bridgehead atoms. The number of halogens is 3. The van der Waals surface area contributed by atoms with E-state index in [1.54, 1.807) is 13.1 Å². The minimum absolute atomic E-state index is 0.0546. The first-order valence-corrected chi connectivity index (χ1v) is 8.97. The van der Waals surface area contributed by atoms with Crippen molar-refractivity contribution in [3.05, 3.63) is 23.9 Å². The Kier molecular flexibility index (Phi) is 9.34. The summed E-state index contributed by atoms with van der Waals surface area (Å²) >= 11 is 0. The Labute approximate surface area is 159 Å². The lowest BCUT2D eigenvalue weighted by atomic mass is 10.2. The van der Waals surface area contributed by atoms with Gasteiger partial charge in [-0.3, -0.25) is 9.89 Å². The van der Waals surface area contributed by atoms with Gasteiger partial charge in [0.1, 0.15) is 0 Å². The fourth-order valence-electron chi connectivity index (χ4n) is 2.58. The molecule has 0 atom stereocenters. The van der Waals surface area contributed by atoms with Gasteiger partial charge in [0.15, 0.2) is 12.6 Å². The zero-order valence-corrected chi connectivity index (χ0v) is 16.6. The van der Waals surface area contributed by atoms with Crippen molar-refractivity contribution in [3.63, 3.8) is 0 Å². The fourth-order valence-corrected chi connectivity index (χ4v) is 2.58. The van der Waals surface area contributed by atoms with Crippen molar-refractivity contribution < 1.29 is 17.9 Å². The number of guanidine groups is 1. The van der Waals surface area contributed by atoms with E-state index in [9.17, 15) is 13.2 Å². The highest BCUT2D eigenvalue weighted by atomic mass is 19.4. The van der Waals surface area contributed by atoms with Crippen LogP contribution < -0.4 is 15.4 Å². The van der Waals surface area contributed by atoms with Crippen molar-refractivity contribution >= 4 is 5.96 Å². The molecule has 0 unspecified atom stereocenters. The summed E-state index contributed by atoms with van der Waals surface area (Å²) in [6.07, 6.45) is -2.90. The van der Waals surface area contributed by atoms with Crippen molar-refractivity contribution in [2.45, 2.75) is 52.5 Å². The molecule has 0 aliphatic heterocycles. The SMILES string of the molecule is CN=C(NCCN(C(C)C)C(C)C)NCc1ccc(OCC(F)(F)F)nc1. The molecule has 0 saturated carbocycles. The van der Waals surface area contributed by atoms with E-state index in [4.69, 9.17) is 0 Å². The topological polar surface area (TPSA) is 61.8 Å². The van der Waals surface area contributed by atoms with Crippen LogP contribution in [0.2, 0.25) is 0 Å². The van der Waals surface area contributed by atoms with Crippen molar-refractivity contribution in [3.8, 4) is 5.88 Å². The van der Waals surface area contributed by atoms with Gasteiger partial charge in [0.25, 0.3) is 0 Å². The highest BCUT2D eigenvalue weighted by Gasteiger charge is 2.28. The van der Waals surface area contributed by atoms with Crippen molar-refractivity contribution in [2.75, 3.05) is 26.7 Å². The zero-order valence-electron chi connectivity index (χ0n) is 16.6. The lowest BCUT2D eigenvalue weighted by molar-refractivity contribution is -0.154.